The van der Waals surface area contributed by atoms with Crippen molar-refractivity contribution in [2.24, 2.45) is 5.73 Å². The Balaban J connectivity index is 2.85. The van der Waals surface area contributed by atoms with E-state index in [0.717, 1.165) is 12.1 Å². The minimum Gasteiger partial charge on any atom is -0.481 e. The molecule has 94 valence electrons. The average molecular weight is 257 g/mol. The van der Waals surface area contributed by atoms with Crippen LogP contribution >= 0.6 is 11.6 Å². The van der Waals surface area contributed by atoms with Gasteiger partial charge >= 0.3 is 0 Å². The summed E-state index contributed by atoms with van der Waals surface area (Å²) in [5.41, 5.74) is 6.07. The van der Waals surface area contributed by atoms with Crippen molar-refractivity contribution in [2.75, 3.05) is 6.54 Å². The predicted molar refractivity (Wildman–Crippen MR) is 68.1 cm³/mol. The molecule has 1 rings (SSSR count). The van der Waals surface area contributed by atoms with Gasteiger partial charge in [-0.1, -0.05) is 18.5 Å². The fraction of sp³-hybridized carbons (Fsp3) is 0.417. The Bertz CT molecular complexity index is 396. The Hall–Kier alpha value is -1.26. The van der Waals surface area contributed by atoms with E-state index in [2.05, 4.69) is 5.32 Å². The van der Waals surface area contributed by atoms with Crippen molar-refractivity contribution in [2.45, 2.75) is 26.5 Å². The predicted octanol–water partition coefficient (Wildman–Crippen LogP) is 1.70. The highest BCUT2D eigenvalue weighted by atomic mass is 35.5. The van der Waals surface area contributed by atoms with Crippen LogP contribution in [-0.2, 0) is 11.3 Å². The Morgan fingerprint density at radius 1 is 1.59 bits per heavy atom. The fourth-order valence-corrected chi connectivity index (χ4v) is 1.50. The van der Waals surface area contributed by atoms with Gasteiger partial charge in [-0.15, -0.1) is 0 Å². The van der Waals surface area contributed by atoms with Gasteiger partial charge in [-0.25, -0.2) is 0 Å². The van der Waals surface area contributed by atoms with E-state index in [4.69, 9.17) is 22.1 Å². The highest BCUT2D eigenvalue weighted by Gasteiger charge is 2.13. The third kappa shape index (κ3) is 4.24. The SMILES string of the molecule is CCNCc1cc(Cl)ccc1OC(C)C(N)=O. The molecule has 0 aliphatic rings. The summed E-state index contributed by atoms with van der Waals surface area (Å²) in [6.45, 7) is 5.11. The summed E-state index contributed by atoms with van der Waals surface area (Å²) in [4.78, 5) is 11.0. The molecule has 0 fully saturated rings. The first-order valence-corrected chi connectivity index (χ1v) is 5.87. The van der Waals surface area contributed by atoms with E-state index in [1.807, 2.05) is 13.0 Å². The van der Waals surface area contributed by atoms with Crippen LogP contribution in [0.3, 0.4) is 0 Å². The number of hydrogen-bond acceptors (Lipinski definition) is 3. The molecule has 0 saturated carbocycles. The maximum Gasteiger partial charge on any atom is 0.258 e. The molecule has 0 aromatic heterocycles. The summed E-state index contributed by atoms with van der Waals surface area (Å²) in [6, 6.07) is 5.28. The Morgan fingerprint density at radius 3 is 2.88 bits per heavy atom. The lowest BCUT2D eigenvalue weighted by molar-refractivity contribution is -0.124. The smallest absolute Gasteiger partial charge is 0.258 e. The Morgan fingerprint density at radius 2 is 2.29 bits per heavy atom. The summed E-state index contributed by atoms with van der Waals surface area (Å²) in [6.07, 6.45) is -0.656. The van der Waals surface area contributed by atoms with Gasteiger partial charge in [0.2, 0.25) is 0 Å². The van der Waals surface area contributed by atoms with Crippen molar-refractivity contribution < 1.29 is 9.53 Å². The zero-order valence-corrected chi connectivity index (χ0v) is 10.8. The lowest BCUT2D eigenvalue weighted by atomic mass is 10.2. The second-order valence-corrected chi connectivity index (χ2v) is 4.13. The van der Waals surface area contributed by atoms with E-state index in [9.17, 15) is 4.79 Å². The number of nitrogens with one attached hydrogen (secondary N) is 1. The second kappa shape index (κ2) is 6.47. The molecule has 3 N–H and O–H groups in total. The molecular weight excluding hydrogens is 240 g/mol. The molecule has 0 saturated heterocycles. The van der Waals surface area contributed by atoms with Crippen molar-refractivity contribution >= 4 is 17.5 Å². The van der Waals surface area contributed by atoms with Crippen LogP contribution in [0, 0.1) is 0 Å². The van der Waals surface area contributed by atoms with Gasteiger partial charge in [-0.2, -0.15) is 0 Å². The van der Waals surface area contributed by atoms with Crippen LogP contribution in [-0.4, -0.2) is 18.6 Å². The number of benzene rings is 1. The highest BCUT2D eigenvalue weighted by molar-refractivity contribution is 6.30. The van der Waals surface area contributed by atoms with Gasteiger partial charge in [0, 0.05) is 17.1 Å². The molecule has 0 aliphatic carbocycles. The molecule has 1 amide bonds. The van der Waals surface area contributed by atoms with Gasteiger partial charge in [0.1, 0.15) is 5.75 Å². The second-order valence-electron chi connectivity index (χ2n) is 3.69. The normalized spacial score (nSPS) is 12.2. The van der Waals surface area contributed by atoms with Crippen LogP contribution in [0.5, 0.6) is 5.75 Å². The molecule has 1 atom stereocenters. The van der Waals surface area contributed by atoms with E-state index < -0.39 is 12.0 Å². The molecular formula is C12H17ClN2O2. The molecule has 1 aromatic carbocycles. The van der Waals surface area contributed by atoms with Gasteiger partial charge in [-0.3, -0.25) is 4.79 Å². The summed E-state index contributed by atoms with van der Waals surface area (Å²) in [7, 11) is 0. The molecule has 0 bridgehead atoms. The van der Waals surface area contributed by atoms with Gasteiger partial charge in [-0.05, 0) is 31.7 Å². The first kappa shape index (κ1) is 13.8. The van der Waals surface area contributed by atoms with E-state index in [-0.39, 0.29) is 0 Å². The van der Waals surface area contributed by atoms with Gasteiger partial charge in [0.25, 0.3) is 5.91 Å². The number of halogens is 1. The molecule has 5 heteroatoms. The lowest BCUT2D eigenvalue weighted by Gasteiger charge is -2.15. The monoisotopic (exact) mass is 256 g/mol. The average Bonchev–Trinajstić information content (AvgIpc) is 2.29. The van der Waals surface area contributed by atoms with Crippen molar-refractivity contribution in [3.05, 3.63) is 28.8 Å². The minimum absolute atomic E-state index is 0.491. The summed E-state index contributed by atoms with van der Waals surface area (Å²) in [5.74, 6) is 0.135. The molecule has 0 spiro atoms. The molecule has 1 aromatic rings. The first-order valence-electron chi connectivity index (χ1n) is 5.49. The van der Waals surface area contributed by atoms with Gasteiger partial charge in [0.05, 0.1) is 0 Å². The Kier molecular flexibility index (Phi) is 5.25. The molecule has 0 heterocycles. The quantitative estimate of drug-likeness (QED) is 0.814. The zero-order chi connectivity index (χ0) is 12.8. The summed E-state index contributed by atoms with van der Waals surface area (Å²) >= 11 is 5.92. The van der Waals surface area contributed by atoms with E-state index in [1.165, 1.54) is 0 Å². The van der Waals surface area contributed by atoms with Crippen molar-refractivity contribution in [1.29, 1.82) is 0 Å². The highest BCUT2D eigenvalue weighted by Crippen LogP contribution is 2.23. The molecule has 17 heavy (non-hydrogen) atoms. The zero-order valence-electron chi connectivity index (χ0n) is 10.00. The van der Waals surface area contributed by atoms with Crippen LogP contribution in [0.2, 0.25) is 5.02 Å². The van der Waals surface area contributed by atoms with Crippen LogP contribution in [0.4, 0.5) is 0 Å². The maximum atomic E-state index is 11.0. The van der Waals surface area contributed by atoms with Crippen molar-refractivity contribution in [3.63, 3.8) is 0 Å². The number of ether oxygens (including phenoxy) is 1. The summed E-state index contributed by atoms with van der Waals surface area (Å²) < 4.78 is 5.49. The van der Waals surface area contributed by atoms with E-state index in [0.29, 0.717) is 17.3 Å². The van der Waals surface area contributed by atoms with Crippen molar-refractivity contribution in [1.82, 2.24) is 5.32 Å². The summed E-state index contributed by atoms with van der Waals surface area (Å²) in [5, 5.41) is 3.82. The van der Waals surface area contributed by atoms with E-state index in [1.54, 1.807) is 19.1 Å². The molecule has 4 nitrogen and oxygen atoms in total. The van der Waals surface area contributed by atoms with Crippen LogP contribution in [0.25, 0.3) is 0 Å². The van der Waals surface area contributed by atoms with Gasteiger partial charge < -0.3 is 15.8 Å². The molecule has 0 aliphatic heterocycles. The van der Waals surface area contributed by atoms with Crippen LogP contribution < -0.4 is 15.8 Å². The lowest BCUT2D eigenvalue weighted by Crippen LogP contribution is -2.31. The molecule has 1 unspecified atom stereocenters. The minimum atomic E-state index is -0.656. The number of rotatable bonds is 6. The first-order chi connectivity index (χ1) is 8.04. The number of hydrogen-bond donors (Lipinski definition) is 2. The largest absolute Gasteiger partial charge is 0.481 e. The Labute approximate surface area is 106 Å². The van der Waals surface area contributed by atoms with Gasteiger partial charge in [0.15, 0.2) is 6.10 Å². The van der Waals surface area contributed by atoms with Crippen LogP contribution in [0.1, 0.15) is 19.4 Å². The van der Waals surface area contributed by atoms with Crippen LogP contribution in [0.15, 0.2) is 18.2 Å². The standard InChI is InChI=1S/C12H17ClN2O2/c1-3-15-7-9-6-10(13)4-5-11(9)17-8(2)12(14)16/h4-6,8,15H,3,7H2,1-2H3,(H2,14,16). The number of carbonyl (C=O) groups excluding carboxylic acids is 1. The number of amides is 1. The third-order valence-electron chi connectivity index (χ3n) is 2.29. The fourth-order valence-electron chi connectivity index (χ4n) is 1.31. The number of carbonyl (C=O) groups is 1. The van der Waals surface area contributed by atoms with Crippen molar-refractivity contribution in [3.8, 4) is 5.75 Å². The number of nitrogens with two attached hydrogens (primary N) is 1. The van der Waals surface area contributed by atoms with E-state index >= 15 is 0 Å². The third-order valence-corrected chi connectivity index (χ3v) is 2.53. The maximum absolute atomic E-state index is 11.0. The topological polar surface area (TPSA) is 64.3 Å². The molecule has 0 radical (unpaired) electrons. The number of primary amides is 1.